The number of rotatable bonds is 6. The van der Waals surface area contributed by atoms with Crippen molar-refractivity contribution in [1.82, 2.24) is 40.2 Å². The van der Waals surface area contributed by atoms with Crippen LogP contribution in [0.25, 0.3) is 11.3 Å². The largest absolute Gasteiger partial charge is 0.444 e. The fourth-order valence-corrected chi connectivity index (χ4v) is 6.59. The zero-order valence-corrected chi connectivity index (χ0v) is 28.1. The standard InChI is InChI=1S/C31H35ClF3N9O6/c1-30(2,3)50-29(49)44-12-20(22(45)13-44)39-28(48)43-10-17-18(11-43)23(17)40-26(46)15-6-5-14(7-19(15)32)38-27(47)25-36-9-21(42(25)4)16-8-37-41-24(16)31(33,34)35/h5-9,17-18,20,22-23,45H,10-13H2,1-4H3,(H,37,41)(H,38,47)(H,39,48)(H,40,46)/t17-,18+,20-,22-,23+/m0/s1. The first kappa shape index (κ1) is 35.0. The van der Waals surface area contributed by atoms with Gasteiger partial charge in [-0.15, -0.1) is 0 Å². The van der Waals surface area contributed by atoms with Crippen LogP contribution in [-0.4, -0.2) is 109 Å². The molecule has 50 heavy (non-hydrogen) atoms. The third kappa shape index (κ3) is 7.07. The number of hydrogen-bond acceptors (Lipinski definition) is 8. The maximum absolute atomic E-state index is 13.3. The lowest BCUT2D eigenvalue weighted by molar-refractivity contribution is -0.140. The molecule has 5 atom stereocenters. The normalized spacial score (nSPS) is 23.0. The predicted octanol–water partition coefficient (Wildman–Crippen LogP) is 3.08. The van der Waals surface area contributed by atoms with Crippen LogP contribution in [0.4, 0.5) is 28.4 Å². The first-order chi connectivity index (χ1) is 23.4. The molecule has 2 saturated heterocycles. The van der Waals surface area contributed by atoms with Crippen molar-refractivity contribution in [3.63, 3.8) is 0 Å². The molecule has 15 nitrogen and oxygen atoms in total. The van der Waals surface area contributed by atoms with Crippen molar-refractivity contribution >= 4 is 41.2 Å². The van der Waals surface area contributed by atoms with Crippen molar-refractivity contribution < 1.29 is 42.2 Å². The summed E-state index contributed by atoms with van der Waals surface area (Å²) >= 11 is 6.40. The van der Waals surface area contributed by atoms with Crippen LogP contribution >= 0.6 is 11.6 Å². The van der Waals surface area contributed by atoms with E-state index in [1.807, 2.05) is 0 Å². The molecule has 2 aromatic heterocycles. The van der Waals surface area contributed by atoms with E-state index >= 15 is 0 Å². The number of piperidine rings is 1. The third-order valence-electron chi connectivity index (χ3n) is 8.88. The SMILES string of the molecule is Cn1c(-c2c[nH]nc2C(F)(F)F)cnc1C(=O)Nc1ccc(C(=O)N[C@H]2[C@@H]3CN(C(=O)N[C@H]4CN(C(=O)OC(C)(C)C)C[C@@H]4O)C[C@@H]32)c(Cl)c1. The Morgan fingerprint density at radius 1 is 1.02 bits per heavy atom. The van der Waals surface area contributed by atoms with Crippen molar-refractivity contribution in [3.8, 4) is 11.3 Å². The number of amides is 5. The molecule has 5 N–H and O–H groups in total. The number of carbonyl (C=O) groups is 4. The summed E-state index contributed by atoms with van der Waals surface area (Å²) in [5.41, 5.74) is -1.68. The van der Waals surface area contributed by atoms with Gasteiger partial charge in [-0.05, 0) is 39.0 Å². The molecule has 2 aliphatic heterocycles. The van der Waals surface area contributed by atoms with E-state index in [4.69, 9.17) is 16.3 Å². The highest BCUT2D eigenvalue weighted by molar-refractivity contribution is 6.34. The van der Waals surface area contributed by atoms with Crippen molar-refractivity contribution in [2.75, 3.05) is 31.5 Å². The number of urea groups is 1. The summed E-state index contributed by atoms with van der Waals surface area (Å²) in [6.45, 7) is 6.18. The summed E-state index contributed by atoms with van der Waals surface area (Å²) in [4.78, 5) is 58.2. The van der Waals surface area contributed by atoms with Crippen LogP contribution in [0.1, 0.15) is 47.4 Å². The topological polar surface area (TPSA) is 187 Å². The Labute approximate surface area is 288 Å². The summed E-state index contributed by atoms with van der Waals surface area (Å²) in [5.74, 6) is -1.26. The Kier molecular flexibility index (Phi) is 8.96. The van der Waals surface area contributed by atoms with E-state index in [0.29, 0.717) is 13.1 Å². The zero-order valence-electron chi connectivity index (χ0n) is 27.3. The summed E-state index contributed by atoms with van der Waals surface area (Å²) in [7, 11) is 1.39. The molecule has 19 heteroatoms. The molecule has 6 rings (SSSR count). The number of aliphatic hydroxyl groups excluding tert-OH is 1. The third-order valence-corrected chi connectivity index (χ3v) is 9.19. The van der Waals surface area contributed by atoms with Gasteiger partial charge in [0.1, 0.15) is 5.60 Å². The van der Waals surface area contributed by atoms with Crippen LogP contribution in [0, 0.1) is 11.8 Å². The molecule has 0 spiro atoms. The van der Waals surface area contributed by atoms with Gasteiger partial charge in [0.15, 0.2) is 11.5 Å². The highest BCUT2D eigenvalue weighted by Crippen LogP contribution is 2.46. The maximum Gasteiger partial charge on any atom is 0.435 e. The molecule has 3 aromatic rings. The van der Waals surface area contributed by atoms with Crippen LogP contribution in [-0.2, 0) is 18.0 Å². The molecule has 0 radical (unpaired) electrons. The van der Waals surface area contributed by atoms with Gasteiger partial charge in [0.05, 0.1) is 46.7 Å². The van der Waals surface area contributed by atoms with Gasteiger partial charge >= 0.3 is 18.3 Å². The van der Waals surface area contributed by atoms with Gasteiger partial charge in [0.25, 0.3) is 11.8 Å². The number of ether oxygens (including phenoxy) is 1. The fourth-order valence-electron chi connectivity index (χ4n) is 6.33. The number of nitrogens with zero attached hydrogens (tertiary/aromatic N) is 5. The van der Waals surface area contributed by atoms with Crippen LogP contribution in [0.3, 0.4) is 0 Å². The number of hydrogen-bond donors (Lipinski definition) is 5. The molecule has 3 aliphatic rings. The van der Waals surface area contributed by atoms with E-state index in [-0.39, 0.29) is 70.4 Å². The quantitative estimate of drug-likeness (QED) is 0.257. The molecule has 1 saturated carbocycles. The summed E-state index contributed by atoms with van der Waals surface area (Å²) < 4.78 is 46.5. The first-order valence-corrected chi connectivity index (χ1v) is 16.1. The van der Waals surface area contributed by atoms with Crippen molar-refractivity contribution in [3.05, 3.63) is 52.7 Å². The summed E-state index contributed by atoms with van der Waals surface area (Å²) in [6.07, 6.45) is -4.01. The number of β-amino-alcohol motifs (C(OH)–C–C–N with tert-alkyl or cyclic N) is 1. The van der Waals surface area contributed by atoms with Crippen LogP contribution < -0.4 is 16.0 Å². The average Bonchev–Trinajstić information content (AvgIpc) is 3.59. The molecular formula is C31H35ClF3N9O6. The highest BCUT2D eigenvalue weighted by atomic mass is 35.5. The van der Waals surface area contributed by atoms with Crippen LogP contribution in [0.2, 0.25) is 5.02 Å². The highest BCUT2D eigenvalue weighted by Gasteiger charge is 2.57. The zero-order chi connectivity index (χ0) is 36.3. The number of anilines is 1. The fraction of sp³-hybridized carbons (Fsp3) is 0.484. The van der Waals surface area contributed by atoms with E-state index in [2.05, 4.69) is 31.1 Å². The minimum Gasteiger partial charge on any atom is -0.444 e. The Morgan fingerprint density at radius 3 is 2.36 bits per heavy atom. The van der Waals surface area contributed by atoms with Gasteiger partial charge in [-0.2, -0.15) is 18.3 Å². The van der Waals surface area contributed by atoms with Gasteiger partial charge in [0.2, 0.25) is 0 Å². The number of carbonyl (C=O) groups excluding carboxylic acids is 4. The minimum absolute atomic E-state index is 0.0223. The predicted molar refractivity (Wildman–Crippen MR) is 171 cm³/mol. The van der Waals surface area contributed by atoms with Gasteiger partial charge in [-0.1, -0.05) is 11.6 Å². The Hall–Kier alpha value is -4.84. The number of halogens is 4. The molecule has 1 aliphatic carbocycles. The van der Waals surface area contributed by atoms with Gasteiger partial charge in [-0.25, -0.2) is 14.6 Å². The second kappa shape index (κ2) is 12.8. The number of H-pyrrole nitrogens is 1. The number of benzene rings is 1. The molecule has 268 valence electrons. The smallest absolute Gasteiger partial charge is 0.435 e. The van der Waals surface area contributed by atoms with E-state index < -0.39 is 47.5 Å². The number of aromatic amines is 1. The number of nitrogens with one attached hydrogen (secondary N) is 4. The molecule has 1 aromatic carbocycles. The number of aliphatic hydroxyl groups is 1. The number of alkyl halides is 3. The van der Waals surface area contributed by atoms with Crippen LogP contribution in [0.5, 0.6) is 0 Å². The minimum atomic E-state index is -4.71. The van der Waals surface area contributed by atoms with Gasteiger partial charge in [-0.3, -0.25) is 14.7 Å². The Bertz CT molecular complexity index is 1830. The molecular weight excluding hydrogens is 687 g/mol. The monoisotopic (exact) mass is 721 g/mol. The second-order valence-corrected chi connectivity index (χ2v) is 14.0. The number of imidazole rings is 1. The van der Waals surface area contributed by atoms with Gasteiger partial charge in [0, 0.05) is 56.4 Å². The average molecular weight is 722 g/mol. The number of fused-ring (bicyclic) bond motifs is 1. The summed E-state index contributed by atoms with van der Waals surface area (Å²) in [6, 6.07) is 3.08. The van der Waals surface area contributed by atoms with E-state index in [9.17, 15) is 37.5 Å². The lowest BCUT2D eigenvalue weighted by Crippen LogP contribution is -2.50. The van der Waals surface area contributed by atoms with E-state index in [1.165, 1.54) is 34.7 Å². The van der Waals surface area contributed by atoms with Crippen molar-refractivity contribution in [2.24, 2.45) is 18.9 Å². The lowest BCUT2D eigenvalue weighted by Gasteiger charge is -2.25. The molecule has 4 heterocycles. The van der Waals surface area contributed by atoms with Gasteiger partial charge < -0.3 is 40.2 Å². The summed E-state index contributed by atoms with van der Waals surface area (Å²) in [5, 5.41) is 24.3. The Morgan fingerprint density at radius 2 is 1.72 bits per heavy atom. The van der Waals surface area contributed by atoms with Crippen molar-refractivity contribution in [2.45, 2.75) is 50.7 Å². The first-order valence-electron chi connectivity index (χ1n) is 15.7. The molecule has 0 bridgehead atoms. The second-order valence-electron chi connectivity index (χ2n) is 13.6. The van der Waals surface area contributed by atoms with E-state index in [1.54, 1.807) is 25.7 Å². The number of likely N-dealkylation sites (tertiary alicyclic amines) is 2. The molecule has 5 amide bonds. The van der Waals surface area contributed by atoms with Crippen molar-refractivity contribution in [1.29, 1.82) is 0 Å². The Balaban J connectivity index is 0.990. The molecule has 0 unspecified atom stereocenters. The van der Waals surface area contributed by atoms with E-state index in [0.717, 1.165) is 12.4 Å². The van der Waals surface area contributed by atoms with Crippen LogP contribution in [0.15, 0.2) is 30.6 Å². The lowest BCUT2D eigenvalue weighted by atomic mass is 10.2. The molecule has 3 fully saturated rings. The number of aromatic nitrogens is 4. The maximum atomic E-state index is 13.3.